The van der Waals surface area contributed by atoms with E-state index >= 15 is 0 Å². The van der Waals surface area contributed by atoms with Crippen LogP contribution >= 0.6 is 0 Å². The molecule has 3 aliphatic rings. The maximum absolute atomic E-state index is 14.0. The lowest BCUT2D eigenvalue weighted by atomic mass is 9.45. The molecule has 4 N–H and O–H groups in total. The molecule has 0 bridgehead atoms. The molecule has 198 valence electrons. The van der Waals surface area contributed by atoms with Gasteiger partial charge < -0.3 is 25.5 Å². The van der Waals surface area contributed by atoms with Gasteiger partial charge in [-0.15, -0.1) is 0 Å². The van der Waals surface area contributed by atoms with Gasteiger partial charge >= 0.3 is 6.09 Å². The van der Waals surface area contributed by atoms with E-state index in [2.05, 4.69) is 26.1 Å². The summed E-state index contributed by atoms with van der Waals surface area (Å²) in [7, 11) is 0. The Morgan fingerprint density at radius 1 is 1.00 bits per heavy atom. The summed E-state index contributed by atoms with van der Waals surface area (Å²) < 4.78 is 0. The largest absolute Gasteiger partial charge is 0.508 e. The Morgan fingerprint density at radius 2 is 1.61 bits per heavy atom. The molecule has 1 aromatic carbocycles. The number of likely N-dealkylation sites (tertiary alicyclic amines) is 1. The van der Waals surface area contributed by atoms with Crippen LogP contribution in [0.3, 0.4) is 0 Å². The summed E-state index contributed by atoms with van der Waals surface area (Å²) in [5, 5.41) is 32.6. The zero-order valence-corrected chi connectivity index (χ0v) is 21.8. The zero-order chi connectivity index (χ0) is 26.4. The van der Waals surface area contributed by atoms with Crippen molar-refractivity contribution in [3.05, 3.63) is 23.8 Å². The van der Waals surface area contributed by atoms with Crippen LogP contribution in [-0.4, -0.2) is 57.1 Å². The molecule has 0 aromatic heterocycles. The van der Waals surface area contributed by atoms with Gasteiger partial charge in [0.25, 0.3) is 0 Å². The molecule has 2 amide bonds. The van der Waals surface area contributed by atoms with Gasteiger partial charge in [0.1, 0.15) is 11.5 Å². The van der Waals surface area contributed by atoms with Crippen molar-refractivity contribution in [2.75, 3.05) is 13.1 Å². The molecule has 1 saturated heterocycles. The van der Waals surface area contributed by atoms with Crippen LogP contribution < -0.4 is 5.32 Å². The number of carboxylic acid groups (broad SMARTS) is 1. The highest BCUT2D eigenvalue weighted by molar-refractivity contribution is 5.99. The standard InChI is InChI=1S/C28H40N2O6/c1-16-21(29-25(34)17-6-10-30(11-7-17)26(35)36)15-22-27(2,3)8-5-9-28(22,4)23(16)24(33)18-12-19(31)14-20(32)13-18/h12-14,16-17,21-23,31-32H,5-11,15H2,1-4H3,(H,29,34)(H,35,36)/t16-,21+,22-,23+,28-/m0/s1. The summed E-state index contributed by atoms with van der Waals surface area (Å²) in [4.78, 5) is 39.9. The number of hydrogen-bond donors (Lipinski definition) is 4. The van der Waals surface area contributed by atoms with Crippen molar-refractivity contribution in [1.82, 2.24) is 10.2 Å². The fourth-order valence-electron chi connectivity index (χ4n) is 7.71. The molecule has 5 atom stereocenters. The van der Waals surface area contributed by atoms with Crippen molar-refractivity contribution in [3.63, 3.8) is 0 Å². The number of aromatic hydroxyl groups is 2. The number of ketones is 1. The molecule has 2 saturated carbocycles. The number of fused-ring (bicyclic) bond motifs is 1. The first-order valence-electron chi connectivity index (χ1n) is 13.2. The topological polar surface area (TPSA) is 127 Å². The first kappa shape index (κ1) is 26.3. The Kier molecular flexibility index (Phi) is 7.01. The molecule has 4 rings (SSSR count). The lowest BCUT2D eigenvalue weighted by Gasteiger charge is -2.60. The molecule has 3 fully saturated rings. The van der Waals surface area contributed by atoms with Gasteiger partial charge in [-0.25, -0.2) is 4.79 Å². The van der Waals surface area contributed by atoms with Crippen molar-refractivity contribution >= 4 is 17.8 Å². The van der Waals surface area contributed by atoms with Gasteiger partial charge in [0, 0.05) is 42.6 Å². The molecule has 1 aliphatic heterocycles. The number of piperidine rings is 1. The molecular formula is C28H40N2O6. The van der Waals surface area contributed by atoms with E-state index in [9.17, 15) is 29.7 Å². The number of nitrogens with zero attached hydrogens (tertiary/aromatic N) is 1. The summed E-state index contributed by atoms with van der Waals surface area (Å²) in [6.45, 7) is 9.46. The predicted octanol–water partition coefficient (Wildman–Crippen LogP) is 4.64. The van der Waals surface area contributed by atoms with E-state index in [1.807, 2.05) is 6.92 Å². The van der Waals surface area contributed by atoms with Gasteiger partial charge in [0.15, 0.2) is 5.78 Å². The third-order valence-electron chi connectivity index (χ3n) is 9.57. The third kappa shape index (κ3) is 4.78. The molecule has 1 heterocycles. The monoisotopic (exact) mass is 500 g/mol. The highest BCUT2D eigenvalue weighted by Crippen LogP contribution is 2.61. The number of phenolic OH excluding ortho intramolecular Hbond substituents is 2. The number of rotatable bonds is 4. The maximum Gasteiger partial charge on any atom is 0.407 e. The molecule has 0 radical (unpaired) electrons. The summed E-state index contributed by atoms with van der Waals surface area (Å²) in [6, 6.07) is 3.86. The van der Waals surface area contributed by atoms with Crippen LogP contribution in [0.1, 0.15) is 76.6 Å². The van der Waals surface area contributed by atoms with Crippen LogP contribution in [0.15, 0.2) is 18.2 Å². The number of amides is 2. The fraction of sp³-hybridized carbons (Fsp3) is 0.679. The lowest BCUT2D eigenvalue weighted by molar-refractivity contribution is -0.132. The first-order chi connectivity index (χ1) is 16.8. The quantitative estimate of drug-likeness (QED) is 0.446. The van der Waals surface area contributed by atoms with E-state index in [1.165, 1.54) is 23.1 Å². The van der Waals surface area contributed by atoms with Gasteiger partial charge in [-0.2, -0.15) is 0 Å². The Bertz CT molecular complexity index is 1010. The Balaban J connectivity index is 1.62. The van der Waals surface area contributed by atoms with Gasteiger partial charge in [0.05, 0.1) is 0 Å². The summed E-state index contributed by atoms with van der Waals surface area (Å²) in [6.07, 6.45) is 3.84. The number of carbonyl (C=O) groups is 3. The van der Waals surface area contributed by atoms with Crippen LogP contribution in [0.5, 0.6) is 11.5 Å². The van der Waals surface area contributed by atoms with Crippen molar-refractivity contribution < 1.29 is 29.7 Å². The highest BCUT2D eigenvalue weighted by atomic mass is 16.4. The molecule has 36 heavy (non-hydrogen) atoms. The number of hydrogen-bond acceptors (Lipinski definition) is 5. The van der Waals surface area contributed by atoms with Crippen molar-refractivity contribution in [2.24, 2.45) is 34.5 Å². The molecule has 8 nitrogen and oxygen atoms in total. The molecular weight excluding hydrogens is 460 g/mol. The zero-order valence-electron chi connectivity index (χ0n) is 21.8. The van der Waals surface area contributed by atoms with Crippen LogP contribution in [0.25, 0.3) is 0 Å². The highest BCUT2D eigenvalue weighted by Gasteiger charge is 2.58. The van der Waals surface area contributed by atoms with E-state index in [0.29, 0.717) is 31.5 Å². The predicted molar refractivity (Wildman–Crippen MR) is 135 cm³/mol. The van der Waals surface area contributed by atoms with Crippen LogP contribution in [-0.2, 0) is 4.79 Å². The van der Waals surface area contributed by atoms with E-state index in [0.717, 1.165) is 25.7 Å². The minimum atomic E-state index is -0.951. The molecule has 8 heteroatoms. The van der Waals surface area contributed by atoms with Crippen molar-refractivity contribution in [3.8, 4) is 11.5 Å². The smallest absolute Gasteiger partial charge is 0.407 e. The minimum Gasteiger partial charge on any atom is -0.508 e. The van der Waals surface area contributed by atoms with Crippen LogP contribution in [0.4, 0.5) is 4.79 Å². The van der Waals surface area contributed by atoms with E-state index < -0.39 is 6.09 Å². The Hall–Kier alpha value is -2.77. The lowest BCUT2D eigenvalue weighted by Crippen LogP contribution is -2.61. The average Bonchev–Trinajstić information content (AvgIpc) is 2.79. The maximum atomic E-state index is 14.0. The second-order valence-electron chi connectivity index (χ2n) is 12.2. The van der Waals surface area contributed by atoms with E-state index in [1.54, 1.807) is 0 Å². The second kappa shape index (κ2) is 9.60. The van der Waals surface area contributed by atoms with Gasteiger partial charge in [-0.1, -0.05) is 34.1 Å². The number of phenols is 2. The molecule has 0 spiro atoms. The first-order valence-corrected chi connectivity index (χ1v) is 13.2. The normalized spacial score (nSPS) is 32.4. The van der Waals surface area contributed by atoms with Gasteiger partial charge in [0.2, 0.25) is 5.91 Å². The van der Waals surface area contributed by atoms with Gasteiger partial charge in [-0.05, 0) is 66.9 Å². The summed E-state index contributed by atoms with van der Waals surface area (Å²) in [5.41, 5.74) is 0.0243. The SMILES string of the molecule is C[C@H]1[C@H](NC(=O)C2CCN(C(=O)O)CC2)C[C@H]2C(C)(C)CCC[C@]2(C)[C@H]1C(=O)c1cc(O)cc(O)c1. The number of Topliss-reactive ketones (excluding diaryl/α,β-unsaturated/α-hetero) is 1. The van der Waals surface area contributed by atoms with Gasteiger partial charge in [-0.3, -0.25) is 9.59 Å². The van der Waals surface area contributed by atoms with Crippen molar-refractivity contribution in [2.45, 2.75) is 72.3 Å². The molecule has 1 aromatic rings. The summed E-state index contributed by atoms with van der Waals surface area (Å²) in [5.74, 6) is -0.999. The average molecular weight is 501 g/mol. The van der Waals surface area contributed by atoms with E-state index in [4.69, 9.17) is 0 Å². The minimum absolute atomic E-state index is 0.00242. The Morgan fingerprint density at radius 3 is 2.19 bits per heavy atom. The number of benzene rings is 1. The van der Waals surface area contributed by atoms with Crippen LogP contribution in [0.2, 0.25) is 0 Å². The Labute approximate surface area is 213 Å². The summed E-state index contributed by atoms with van der Waals surface area (Å²) >= 11 is 0. The molecule has 2 aliphatic carbocycles. The number of nitrogens with one attached hydrogen (secondary N) is 1. The fourth-order valence-corrected chi connectivity index (χ4v) is 7.71. The van der Waals surface area contributed by atoms with E-state index in [-0.39, 0.29) is 63.7 Å². The van der Waals surface area contributed by atoms with Crippen LogP contribution in [0, 0.1) is 34.5 Å². The second-order valence-corrected chi connectivity index (χ2v) is 12.2. The third-order valence-corrected chi connectivity index (χ3v) is 9.57. The van der Waals surface area contributed by atoms with Crippen molar-refractivity contribution in [1.29, 1.82) is 0 Å². The molecule has 0 unspecified atom stereocenters. The number of carbonyl (C=O) groups excluding carboxylic acids is 2.